The lowest BCUT2D eigenvalue weighted by Gasteiger charge is -2.07. The number of hydrogen-bond acceptors (Lipinski definition) is 2. The fraction of sp³-hybridized carbons (Fsp3) is 0.333. The monoisotopic (exact) mass is 189 g/mol. The van der Waals surface area contributed by atoms with Gasteiger partial charge in [0.1, 0.15) is 0 Å². The lowest BCUT2D eigenvalue weighted by molar-refractivity contribution is 0.151. The van der Waals surface area contributed by atoms with Crippen LogP contribution in [-0.2, 0) is 5.60 Å². The van der Waals surface area contributed by atoms with Crippen molar-refractivity contribution in [2.75, 3.05) is 6.54 Å². The van der Waals surface area contributed by atoms with Crippen molar-refractivity contribution in [3.8, 4) is 0 Å². The maximum absolute atomic E-state index is 9.83. The van der Waals surface area contributed by atoms with E-state index in [0.29, 0.717) is 6.54 Å². The normalized spacial score (nSPS) is 18.7. The van der Waals surface area contributed by atoms with E-state index in [1.54, 1.807) is 0 Å². The molecule has 0 bridgehead atoms. The zero-order valence-corrected chi connectivity index (χ0v) is 8.11. The topological polar surface area (TPSA) is 46.2 Å². The Morgan fingerprint density at radius 3 is 2.43 bits per heavy atom. The Morgan fingerprint density at radius 1 is 1.29 bits per heavy atom. The van der Waals surface area contributed by atoms with Crippen molar-refractivity contribution < 1.29 is 5.11 Å². The van der Waals surface area contributed by atoms with Crippen molar-refractivity contribution in [1.29, 1.82) is 0 Å². The predicted octanol–water partition coefficient (Wildman–Crippen LogP) is 1.64. The standard InChI is InChI=1S/C12H15NO/c13-9-1-2-10-3-5-11(6-4-10)12(14)7-8-12/h1-6,14H,7-9,13H2/b2-1+. The second-order valence-electron chi connectivity index (χ2n) is 3.79. The largest absolute Gasteiger partial charge is 0.385 e. The molecular formula is C12H15NO. The molecule has 1 fully saturated rings. The molecule has 0 unspecified atom stereocenters. The molecule has 0 saturated heterocycles. The van der Waals surface area contributed by atoms with Crippen molar-refractivity contribution in [3.63, 3.8) is 0 Å². The van der Waals surface area contributed by atoms with Crippen molar-refractivity contribution >= 4 is 6.08 Å². The minimum Gasteiger partial charge on any atom is -0.385 e. The minimum absolute atomic E-state index is 0.518. The smallest absolute Gasteiger partial charge is 0.0899 e. The van der Waals surface area contributed by atoms with E-state index in [-0.39, 0.29) is 0 Å². The summed E-state index contributed by atoms with van der Waals surface area (Å²) in [7, 11) is 0. The van der Waals surface area contributed by atoms with Crippen LogP contribution >= 0.6 is 0 Å². The average molecular weight is 189 g/mol. The van der Waals surface area contributed by atoms with E-state index in [1.165, 1.54) is 0 Å². The molecule has 3 N–H and O–H groups in total. The van der Waals surface area contributed by atoms with Crippen LogP contribution in [0.3, 0.4) is 0 Å². The molecule has 1 aliphatic carbocycles. The molecule has 0 heterocycles. The second kappa shape index (κ2) is 3.56. The molecular weight excluding hydrogens is 174 g/mol. The van der Waals surface area contributed by atoms with Crippen LogP contribution in [-0.4, -0.2) is 11.7 Å². The molecule has 2 rings (SSSR count). The van der Waals surface area contributed by atoms with Crippen LogP contribution in [0.4, 0.5) is 0 Å². The molecule has 1 aromatic carbocycles. The quantitative estimate of drug-likeness (QED) is 0.759. The van der Waals surface area contributed by atoms with Gasteiger partial charge in [-0.25, -0.2) is 0 Å². The van der Waals surface area contributed by atoms with Gasteiger partial charge in [-0.05, 0) is 24.0 Å². The van der Waals surface area contributed by atoms with Gasteiger partial charge in [-0.15, -0.1) is 0 Å². The molecule has 74 valence electrons. The Hall–Kier alpha value is -1.12. The van der Waals surface area contributed by atoms with Gasteiger partial charge < -0.3 is 10.8 Å². The number of rotatable bonds is 3. The number of aliphatic hydroxyl groups is 1. The molecule has 0 radical (unpaired) electrons. The zero-order valence-electron chi connectivity index (χ0n) is 8.11. The van der Waals surface area contributed by atoms with Gasteiger partial charge >= 0.3 is 0 Å². The summed E-state index contributed by atoms with van der Waals surface area (Å²) in [5.74, 6) is 0. The summed E-state index contributed by atoms with van der Waals surface area (Å²) in [6.07, 6.45) is 5.69. The average Bonchev–Trinajstić information content (AvgIpc) is 2.96. The van der Waals surface area contributed by atoms with Gasteiger partial charge in [0.2, 0.25) is 0 Å². The SMILES string of the molecule is NC/C=C/c1ccc(C2(O)CC2)cc1. The van der Waals surface area contributed by atoms with E-state index in [2.05, 4.69) is 0 Å². The highest BCUT2D eigenvalue weighted by Gasteiger charge is 2.41. The second-order valence-corrected chi connectivity index (χ2v) is 3.79. The summed E-state index contributed by atoms with van der Waals surface area (Å²) in [6, 6.07) is 8.00. The highest BCUT2D eigenvalue weighted by Crippen LogP contribution is 2.45. The third-order valence-electron chi connectivity index (χ3n) is 2.62. The van der Waals surface area contributed by atoms with Crippen LogP contribution in [0.5, 0.6) is 0 Å². The van der Waals surface area contributed by atoms with E-state index >= 15 is 0 Å². The van der Waals surface area contributed by atoms with Crippen LogP contribution < -0.4 is 5.73 Å². The summed E-state index contributed by atoms with van der Waals surface area (Å²) in [5, 5.41) is 9.83. The van der Waals surface area contributed by atoms with E-state index in [9.17, 15) is 5.11 Å². The highest BCUT2D eigenvalue weighted by molar-refractivity contribution is 5.50. The molecule has 0 atom stereocenters. The zero-order chi connectivity index (χ0) is 10.0. The van der Waals surface area contributed by atoms with Crippen LogP contribution in [0.2, 0.25) is 0 Å². The van der Waals surface area contributed by atoms with E-state index in [0.717, 1.165) is 24.0 Å². The lowest BCUT2D eigenvalue weighted by atomic mass is 10.1. The fourth-order valence-electron chi connectivity index (χ4n) is 1.52. The molecule has 14 heavy (non-hydrogen) atoms. The highest BCUT2D eigenvalue weighted by atomic mass is 16.3. The summed E-state index contributed by atoms with van der Waals surface area (Å²) >= 11 is 0. The van der Waals surface area contributed by atoms with Gasteiger partial charge in [-0.2, -0.15) is 0 Å². The van der Waals surface area contributed by atoms with Gasteiger partial charge in [-0.3, -0.25) is 0 Å². The van der Waals surface area contributed by atoms with Gasteiger partial charge in [0, 0.05) is 6.54 Å². The minimum atomic E-state index is -0.518. The Morgan fingerprint density at radius 2 is 1.93 bits per heavy atom. The summed E-state index contributed by atoms with van der Waals surface area (Å²) in [6.45, 7) is 0.561. The molecule has 2 nitrogen and oxygen atoms in total. The molecule has 2 heteroatoms. The van der Waals surface area contributed by atoms with Crippen molar-refractivity contribution in [3.05, 3.63) is 41.5 Å². The number of hydrogen-bond donors (Lipinski definition) is 2. The van der Waals surface area contributed by atoms with Gasteiger partial charge in [0.15, 0.2) is 0 Å². The van der Waals surface area contributed by atoms with Crippen LogP contribution in [0, 0.1) is 0 Å². The fourth-order valence-corrected chi connectivity index (χ4v) is 1.52. The number of benzene rings is 1. The van der Waals surface area contributed by atoms with Crippen molar-refractivity contribution in [2.45, 2.75) is 18.4 Å². The molecule has 0 aliphatic heterocycles. The third kappa shape index (κ3) is 1.86. The molecule has 1 aliphatic rings. The first-order valence-corrected chi connectivity index (χ1v) is 4.94. The maximum Gasteiger partial charge on any atom is 0.0899 e. The Labute approximate surface area is 84.1 Å². The van der Waals surface area contributed by atoms with E-state index in [1.807, 2.05) is 36.4 Å². The lowest BCUT2D eigenvalue weighted by Crippen LogP contribution is -2.03. The van der Waals surface area contributed by atoms with Crippen molar-refractivity contribution in [1.82, 2.24) is 0 Å². The van der Waals surface area contributed by atoms with Crippen LogP contribution in [0.1, 0.15) is 24.0 Å². The maximum atomic E-state index is 9.83. The predicted molar refractivity (Wildman–Crippen MR) is 57.7 cm³/mol. The van der Waals surface area contributed by atoms with Gasteiger partial charge in [-0.1, -0.05) is 36.4 Å². The molecule has 0 amide bonds. The Balaban J connectivity index is 2.14. The van der Waals surface area contributed by atoms with Crippen LogP contribution in [0.15, 0.2) is 30.3 Å². The Bertz CT molecular complexity index is 336. The first-order chi connectivity index (χ1) is 6.74. The van der Waals surface area contributed by atoms with E-state index in [4.69, 9.17) is 5.73 Å². The molecule has 1 aromatic rings. The molecule has 0 spiro atoms. The van der Waals surface area contributed by atoms with E-state index < -0.39 is 5.60 Å². The summed E-state index contributed by atoms with van der Waals surface area (Å²) in [4.78, 5) is 0. The summed E-state index contributed by atoms with van der Waals surface area (Å²) < 4.78 is 0. The van der Waals surface area contributed by atoms with Crippen molar-refractivity contribution in [2.24, 2.45) is 5.73 Å². The number of nitrogens with two attached hydrogens (primary N) is 1. The third-order valence-corrected chi connectivity index (χ3v) is 2.62. The Kier molecular flexibility index (Phi) is 2.40. The van der Waals surface area contributed by atoms with Crippen LogP contribution in [0.25, 0.3) is 6.08 Å². The summed E-state index contributed by atoms with van der Waals surface area (Å²) in [5.41, 5.74) is 7.00. The molecule has 1 saturated carbocycles. The first-order valence-electron chi connectivity index (χ1n) is 4.94. The van der Waals surface area contributed by atoms with Gasteiger partial charge in [0.25, 0.3) is 0 Å². The van der Waals surface area contributed by atoms with Gasteiger partial charge in [0.05, 0.1) is 5.60 Å². The first kappa shape index (κ1) is 9.44. The molecule has 0 aromatic heterocycles.